The number of carbonyl (C=O) groups is 2. The minimum atomic E-state index is -0.715. The maximum Gasteiger partial charge on any atom is 0.306 e. The van der Waals surface area contributed by atoms with Gasteiger partial charge in [-0.3, -0.25) is 9.59 Å². The summed E-state index contributed by atoms with van der Waals surface area (Å²) in [4.78, 5) is 31.5. The van der Waals surface area contributed by atoms with E-state index in [9.17, 15) is 9.59 Å². The molecule has 118 valence electrons. The largest absolute Gasteiger partial charge is 0.481 e. The number of aliphatic carboxylic acids is 1. The van der Waals surface area contributed by atoms with E-state index in [2.05, 4.69) is 15.3 Å². The molecule has 0 bridgehead atoms. The monoisotopic (exact) mass is 303 g/mol. The van der Waals surface area contributed by atoms with E-state index in [1.165, 1.54) is 0 Å². The van der Waals surface area contributed by atoms with Gasteiger partial charge < -0.3 is 10.4 Å². The van der Waals surface area contributed by atoms with Crippen LogP contribution in [0.15, 0.2) is 12.4 Å². The predicted octanol–water partition coefficient (Wildman–Crippen LogP) is 1.61. The van der Waals surface area contributed by atoms with Crippen LogP contribution in [-0.4, -0.2) is 33.0 Å². The van der Waals surface area contributed by atoms with Crippen LogP contribution in [0.4, 0.5) is 0 Å². The van der Waals surface area contributed by atoms with E-state index >= 15 is 0 Å². The van der Waals surface area contributed by atoms with Gasteiger partial charge in [-0.2, -0.15) is 0 Å². The van der Waals surface area contributed by atoms with E-state index in [4.69, 9.17) is 5.11 Å². The standard InChI is InChI=1S/C16H21N3O3/c1-16(2,3)15-17-6-8(7-18-15)13(20)19-12-5-10(12)9-4-11(9)14(21)22/h6-7,9-12H,4-5H2,1-3H3,(H,19,20)(H,21,22)/t9-,10+,11-,12+/m0/s1. The van der Waals surface area contributed by atoms with Crippen LogP contribution < -0.4 is 5.32 Å². The molecule has 0 aliphatic heterocycles. The Morgan fingerprint density at radius 2 is 1.82 bits per heavy atom. The molecular weight excluding hydrogens is 282 g/mol. The Morgan fingerprint density at radius 3 is 2.32 bits per heavy atom. The second-order valence-electron chi connectivity index (χ2n) is 7.37. The van der Waals surface area contributed by atoms with Gasteiger partial charge in [0.15, 0.2) is 0 Å². The average molecular weight is 303 g/mol. The summed E-state index contributed by atoms with van der Waals surface area (Å²) in [6.07, 6.45) is 4.73. The molecule has 3 rings (SSSR count). The Bertz CT molecular complexity index is 606. The number of hydrogen-bond donors (Lipinski definition) is 2. The first-order valence-electron chi connectivity index (χ1n) is 7.63. The molecular formula is C16H21N3O3. The fraction of sp³-hybridized carbons (Fsp3) is 0.625. The van der Waals surface area contributed by atoms with Gasteiger partial charge in [-0.05, 0) is 24.7 Å². The number of carbonyl (C=O) groups excluding carboxylic acids is 1. The zero-order valence-electron chi connectivity index (χ0n) is 13.0. The van der Waals surface area contributed by atoms with Crippen LogP contribution in [0, 0.1) is 17.8 Å². The fourth-order valence-electron chi connectivity index (χ4n) is 2.91. The number of hydrogen-bond acceptors (Lipinski definition) is 4. The lowest BCUT2D eigenvalue weighted by Crippen LogP contribution is -2.28. The molecule has 6 nitrogen and oxygen atoms in total. The SMILES string of the molecule is CC(C)(C)c1ncc(C(=O)N[C@@H]2C[C@@H]2[C@@H]2C[C@@H]2C(=O)O)cn1. The van der Waals surface area contributed by atoms with Crippen molar-refractivity contribution >= 4 is 11.9 Å². The lowest BCUT2D eigenvalue weighted by atomic mass is 9.96. The van der Waals surface area contributed by atoms with Gasteiger partial charge in [-0.1, -0.05) is 20.8 Å². The van der Waals surface area contributed by atoms with Gasteiger partial charge in [0.25, 0.3) is 5.91 Å². The number of rotatable bonds is 4. The van der Waals surface area contributed by atoms with Crippen LogP contribution in [0.2, 0.25) is 0 Å². The summed E-state index contributed by atoms with van der Waals surface area (Å²) in [6, 6.07) is 0.101. The van der Waals surface area contributed by atoms with Crippen molar-refractivity contribution in [1.82, 2.24) is 15.3 Å². The Labute approximate surface area is 129 Å². The fourth-order valence-corrected chi connectivity index (χ4v) is 2.91. The van der Waals surface area contributed by atoms with Crippen molar-refractivity contribution in [3.8, 4) is 0 Å². The Hall–Kier alpha value is -1.98. The third-order valence-corrected chi connectivity index (χ3v) is 4.45. The van der Waals surface area contributed by atoms with Crippen LogP contribution in [-0.2, 0) is 10.2 Å². The number of amides is 1. The van der Waals surface area contributed by atoms with Crippen molar-refractivity contribution < 1.29 is 14.7 Å². The van der Waals surface area contributed by atoms with Gasteiger partial charge in [0.1, 0.15) is 5.82 Å². The highest BCUT2D eigenvalue weighted by Crippen LogP contribution is 2.54. The van der Waals surface area contributed by atoms with E-state index in [0.29, 0.717) is 17.3 Å². The summed E-state index contributed by atoms with van der Waals surface area (Å²) in [5.41, 5.74) is 0.304. The molecule has 2 aliphatic carbocycles. The molecule has 1 amide bonds. The van der Waals surface area contributed by atoms with Gasteiger partial charge in [0.05, 0.1) is 11.5 Å². The number of nitrogens with zero attached hydrogens (tertiary/aromatic N) is 2. The first kappa shape index (κ1) is 14.9. The van der Waals surface area contributed by atoms with Gasteiger partial charge in [-0.15, -0.1) is 0 Å². The molecule has 0 aromatic carbocycles. The smallest absolute Gasteiger partial charge is 0.306 e. The van der Waals surface area contributed by atoms with Crippen molar-refractivity contribution in [2.45, 2.75) is 45.1 Å². The summed E-state index contributed by atoms with van der Waals surface area (Å²) in [6.45, 7) is 6.06. The zero-order chi connectivity index (χ0) is 16.1. The minimum absolute atomic E-state index is 0.101. The third-order valence-electron chi connectivity index (χ3n) is 4.45. The molecule has 4 atom stereocenters. The highest BCUT2D eigenvalue weighted by molar-refractivity contribution is 5.94. The van der Waals surface area contributed by atoms with Crippen LogP contribution in [0.5, 0.6) is 0 Å². The van der Waals surface area contributed by atoms with E-state index in [-0.39, 0.29) is 29.2 Å². The van der Waals surface area contributed by atoms with Crippen molar-refractivity contribution in [3.63, 3.8) is 0 Å². The molecule has 6 heteroatoms. The second-order valence-corrected chi connectivity index (χ2v) is 7.37. The molecule has 2 aliphatic rings. The maximum absolute atomic E-state index is 12.2. The summed E-state index contributed by atoms with van der Waals surface area (Å²) < 4.78 is 0. The first-order chi connectivity index (χ1) is 10.3. The van der Waals surface area contributed by atoms with Crippen molar-refractivity contribution in [2.24, 2.45) is 17.8 Å². The van der Waals surface area contributed by atoms with Gasteiger partial charge in [0, 0.05) is 23.9 Å². The summed E-state index contributed by atoms with van der Waals surface area (Å²) in [5.74, 6) is 0.160. The number of nitrogens with one attached hydrogen (secondary N) is 1. The Kier molecular flexibility index (Phi) is 3.42. The zero-order valence-corrected chi connectivity index (χ0v) is 13.0. The van der Waals surface area contributed by atoms with Crippen LogP contribution in [0.25, 0.3) is 0 Å². The van der Waals surface area contributed by atoms with E-state index in [0.717, 1.165) is 12.8 Å². The quantitative estimate of drug-likeness (QED) is 0.881. The summed E-state index contributed by atoms with van der Waals surface area (Å²) >= 11 is 0. The molecule has 0 spiro atoms. The summed E-state index contributed by atoms with van der Waals surface area (Å²) in [5, 5.41) is 11.9. The third kappa shape index (κ3) is 2.96. The number of aromatic nitrogens is 2. The van der Waals surface area contributed by atoms with Crippen molar-refractivity contribution in [1.29, 1.82) is 0 Å². The van der Waals surface area contributed by atoms with Gasteiger partial charge in [-0.25, -0.2) is 9.97 Å². The molecule has 2 fully saturated rings. The van der Waals surface area contributed by atoms with Gasteiger partial charge in [0.2, 0.25) is 0 Å². The highest BCUT2D eigenvalue weighted by Gasteiger charge is 2.56. The van der Waals surface area contributed by atoms with Crippen LogP contribution in [0.3, 0.4) is 0 Å². The topological polar surface area (TPSA) is 92.2 Å². The molecule has 2 N–H and O–H groups in total. The molecule has 1 aromatic rings. The van der Waals surface area contributed by atoms with Crippen molar-refractivity contribution in [3.05, 3.63) is 23.8 Å². The van der Waals surface area contributed by atoms with E-state index < -0.39 is 5.97 Å². The highest BCUT2D eigenvalue weighted by atomic mass is 16.4. The number of carboxylic acid groups (broad SMARTS) is 1. The Morgan fingerprint density at radius 1 is 1.18 bits per heavy atom. The Balaban J connectivity index is 1.54. The molecule has 0 unspecified atom stereocenters. The van der Waals surface area contributed by atoms with E-state index in [1.54, 1.807) is 12.4 Å². The molecule has 0 saturated heterocycles. The predicted molar refractivity (Wildman–Crippen MR) is 79.3 cm³/mol. The van der Waals surface area contributed by atoms with E-state index in [1.807, 2.05) is 20.8 Å². The average Bonchev–Trinajstić information content (AvgIpc) is 3.31. The molecule has 1 aromatic heterocycles. The minimum Gasteiger partial charge on any atom is -0.481 e. The summed E-state index contributed by atoms with van der Waals surface area (Å²) in [7, 11) is 0. The lowest BCUT2D eigenvalue weighted by molar-refractivity contribution is -0.138. The normalized spacial score (nSPS) is 29.8. The molecule has 1 heterocycles. The van der Waals surface area contributed by atoms with Crippen molar-refractivity contribution in [2.75, 3.05) is 0 Å². The maximum atomic E-state index is 12.2. The van der Waals surface area contributed by atoms with Gasteiger partial charge >= 0.3 is 5.97 Å². The molecule has 22 heavy (non-hydrogen) atoms. The van der Waals surface area contributed by atoms with Crippen LogP contribution >= 0.6 is 0 Å². The molecule has 0 radical (unpaired) electrons. The second kappa shape index (κ2) is 5.04. The van der Waals surface area contributed by atoms with Crippen LogP contribution in [0.1, 0.15) is 49.8 Å². The first-order valence-corrected chi connectivity index (χ1v) is 7.63. The lowest BCUT2D eigenvalue weighted by Gasteiger charge is -2.15. The number of carboxylic acids is 1. The molecule has 2 saturated carbocycles.